The van der Waals surface area contributed by atoms with E-state index in [0.717, 1.165) is 0 Å². The molecule has 0 saturated carbocycles. The summed E-state index contributed by atoms with van der Waals surface area (Å²) in [6, 6.07) is 0. The molecule has 18 heteroatoms. The summed E-state index contributed by atoms with van der Waals surface area (Å²) in [5.74, 6) is -24.9. The third kappa shape index (κ3) is 4.90. The van der Waals surface area contributed by atoms with Gasteiger partial charge in [0.05, 0.1) is 60.2 Å². The fourth-order valence-corrected chi connectivity index (χ4v) is 6.97. The van der Waals surface area contributed by atoms with Crippen LogP contribution in [0.1, 0.15) is 0 Å². The third-order valence-electron chi connectivity index (χ3n) is 5.70. The number of rotatable bonds is 3. The maximum absolute atomic E-state index is 16.1. The van der Waals surface area contributed by atoms with E-state index in [1.807, 2.05) is 0 Å². The van der Waals surface area contributed by atoms with Crippen molar-refractivity contribution in [3.05, 3.63) is 96.6 Å². The Morgan fingerprint density at radius 2 is 0.310 bits per heavy atom. The van der Waals surface area contributed by atoms with Crippen LogP contribution in [0.4, 0.5) is 52.7 Å². The zero-order chi connectivity index (χ0) is 31.9. The second kappa shape index (κ2) is 12.0. The topological polar surface area (TPSA) is 0 Å². The van der Waals surface area contributed by atoms with Gasteiger partial charge in [-0.15, -0.1) is 0 Å². The fraction of sp³-hybridized carbons (Fsp3) is 0. The molecule has 0 aliphatic heterocycles. The summed E-state index contributed by atoms with van der Waals surface area (Å²) < 4.78 is 175. The Morgan fingerprint density at radius 3 is 0.452 bits per heavy atom. The Kier molecular flexibility index (Phi) is 9.68. The Bertz CT molecular complexity index is 1550. The first kappa shape index (κ1) is 33.8. The van der Waals surface area contributed by atoms with Crippen LogP contribution in [0.25, 0.3) is 33.4 Å². The van der Waals surface area contributed by atoms with Gasteiger partial charge in [0.25, 0.3) is 0 Å². The second-order valence-corrected chi connectivity index (χ2v) is 12.7. The quantitative estimate of drug-likeness (QED) is 0.109. The molecule has 0 fully saturated rings. The summed E-state index contributed by atoms with van der Waals surface area (Å²) in [6.45, 7) is 0. The molecule has 0 saturated heterocycles. The lowest BCUT2D eigenvalue weighted by Crippen LogP contribution is -2.11. The van der Waals surface area contributed by atoms with Gasteiger partial charge in [0.1, 0.15) is 17.5 Å². The van der Waals surface area contributed by atoms with Gasteiger partial charge in [-0.2, -0.15) is 0 Å². The second-order valence-electron chi connectivity index (χ2n) is 7.90. The summed E-state index contributed by atoms with van der Waals surface area (Å²) in [5.41, 5.74) is -11.6. The summed E-state index contributed by atoms with van der Waals surface area (Å²) in [4.78, 5) is 0. The Morgan fingerprint density at radius 1 is 0.190 bits per heavy atom. The molecule has 0 aliphatic rings. The first-order valence-electron chi connectivity index (χ1n) is 10.2. The van der Waals surface area contributed by atoms with Gasteiger partial charge >= 0.3 is 0 Å². The van der Waals surface area contributed by atoms with Gasteiger partial charge in [-0.05, 0) is 95.6 Å². The van der Waals surface area contributed by atoms with Crippen molar-refractivity contribution >= 4 is 95.6 Å². The highest BCUT2D eigenvalue weighted by molar-refractivity contribution is 9.11. The van der Waals surface area contributed by atoms with E-state index in [-0.39, 0.29) is 0 Å². The molecule has 0 heterocycles. The predicted molar refractivity (Wildman–Crippen MR) is 148 cm³/mol. The van der Waals surface area contributed by atoms with Gasteiger partial charge in [0.15, 0.2) is 52.4 Å². The molecule has 4 rings (SSSR count). The molecule has 4 aromatic carbocycles. The molecule has 0 N–H and O–H groups in total. The maximum Gasteiger partial charge on any atom is 0.157 e. The fourth-order valence-electron chi connectivity index (χ4n) is 3.80. The highest BCUT2D eigenvalue weighted by Gasteiger charge is 2.38. The van der Waals surface area contributed by atoms with Crippen LogP contribution in [-0.4, -0.2) is 0 Å². The summed E-state index contributed by atoms with van der Waals surface area (Å²) in [5, 5.41) is 0. The molecule has 0 radical (unpaired) electrons. The minimum absolute atomic E-state index is 1.24. The van der Waals surface area contributed by atoms with Crippen LogP contribution in [0.3, 0.4) is 0 Å². The Hall–Kier alpha value is -1.08. The summed E-state index contributed by atoms with van der Waals surface area (Å²) >= 11 is 14.3. The lowest BCUT2D eigenvalue weighted by molar-refractivity contribution is 0.510. The van der Waals surface area contributed by atoms with Crippen molar-refractivity contribution in [3.8, 4) is 33.4 Å². The Labute approximate surface area is 276 Å². The van der Waals surface area contributed by atoms with Crippen molar-refractivity contribution in [1.82, 2.24) is 0 Å². The standard InChI is InChI=1S/C24Br6F12/c25-7-16(34)4(17(35)8(26)22(7)40)1-13(31)2(5-18(36)9(27)23(41)10(28)19(5)37)15(33)3(14(1)32)6-20(38)11(29)24(42)12(30)21(6)39. The molecule has 0 nitrogen and oxygen atoms in total. The normalized spacial score (nSPS) is 11.6. The lowest BCUT2D eigenvalue weighted by Gasteiger charge is -2.20. The van der Waals surface area contributed by atoms with Crippen molar-refractivity contribution < 1.29 is 52.7 Å². The molecule has 4 aromatic rings. The van der Waals surface area contributed by atoms with Crippen LogP contribution in [0, 0.1) is 69.8 Å². The molecule has 0 amide bonds. The van der Waals surface area contributed by atoms with E-state index < -0.39 is 130 Å². The number of halogens is 18. The third-order valence-corrected chi connectivity index (χ3v) is 9.87. The lowest BCUT2D eigenvalue weighted by atomic mass is 9.89. The van der Waals surface area contributed by atoms with Gasteiger partial charge in [-0.25, -0.2) is 52.7 Å². The van der Waals surface area contributed by atoms with Gasteiger partial charge in [-0.3, -0.25) is 0 Å². The van der Waals surface area contributed by atoms with Crippen LogP contribution >= 0.6 is 95.6 Å². The van der Waals surface area contributed by atoms with E-state index >= 15 is 39.5 Å². The molecule has 0 aromatic heterocycles. The minimum atomic E-state index is -2.47. The average molecular weight is 996 g/mol. The molecule has 0 unspecified atom stereocenters. The molecule has 0 atom stereocenters. The van der Waals surface area contributed by atoms with Crippen molar-refractivity contribution in [2.75, 3.05) is 0 Å². The van der Waals surface area contributed by atoms with E-state index in [2.05, 4.69) is 95.6 Å². The summed E-state index contributed by atoms with van der Waals surface area (Å²) in [6.07, 6.45) is 0. The van der Waals surface area contributed by atoms with Crippen molar-refractivity contribution in [2.24, 2.45) is 0 Å². The van der Waals surface area contributed by atoms with Crippen LogP contribution in [0.2, 0.25) is 0 Å². The molecular weight excluding hydrogens is 996 g/mol. The van der Waals surface area contributed by atoms with E-state index in [1.54, 1.807) is 0 Å². The van der Waals surface area contributed by atoms with E-state index in [4.69, 9.17) is 0 Å². The van der Waals surface area contributed by atoms with E-state index in [1.165, 1.54) is 0 Å². The monoisotopic (exact) mass is 989 g/mol. The molecule has 0 aliphatic carbocycles. The molecule has 222 valence electrons. The zero-order valence-electron chi connectivity index (χ0n) is 18.8. The van der Waals surface area contributed by atoms with Gasteiger partial charge in [0, 0.05) is 0 Å². The number of hydrogen-bond donors (Lipinski definition) is 0. The molecule has 0 spiro atoms. The number of benzene rings is 4. The highest BCUT2D eigenvalue weighted by Crippen LogP contribution is 2.50. The van der Waals surface area contributed by atoms with Crippen LogP contribution in [0.15, 0.2) is 26.8 Å². The van der Waals surface area contributed by atoms with Crippen molar-refractivity contribution in [2.45, 2.75) is 0 Å². The average Bonchev–Trinajstić information content (AvgIpc) is 2.95. The Balaban J connectivity index is 2.41. The van der Waals surface area contributed by atoms with Crippen LogP contribution in [-0.2, 0) is 0 Å². The highest BCUT2D eigenvalue weighted by atomic mass is 79.9. The van der Waals surface area contributed by atoms with E-state index in [9.17, 15) is 13.2 Å². The zero-order valence-corrected chi connectivity index (χ0v) is 28.3. The maximum atomic E-state index is 16.1. The largest absolute Gasteiger partial charge is 0.205 e. The molecule has 0 bridgehead atoms. The van der Waals surface area contributed by atoms with Crippen molar-refractivity contribution in [1.29, 1.82) is 0 Å². The van der Waals surface area contributed by atoms with Crippen LogP contribution < -0.4 is 0 Å². The SMILES string of the molecule is Fc1c(Br)c(F)c(-c2c(F)c(-c3c(F)c(Br)c(F)c(Br)c3F)c(F)c(-c3c(F)c(Br)c(F)c(Br)c3F)c2F)c(F)c1Br. The number of hydrogen-bond acceptors (Lipinski definition) is 0. The van der Waals surface area contributed by atoms with E-state index in [0.29, 0.717) is 0 Å². The molecular formula is C24Br6F12. The van der Waals surface area contributed by atoms with Gasteiger partial charge in [-0.1, -0.05) is 0 Å². The molecule has 42 heavy (non-hydrogen) atoms. The summed E-state index contributed by atoms with van der Waals surface area (Å²) in [7, 11) is 0. The van der Waals surface area contributed by atoms with Gasteiger partial charge < -0.3 is 0 Å². The van der Waals surface area contributed by atoms with Gasteiger partial charge in [0.2, 0.25) is 0 Å². The predicted octanol–water partition coefficient (Wildman–Crippen LogP) is 12.9. The smallest absolute Gasteiger partial charge is 0.157 e. The minimum Gasteiger partial charge on any atom is -0.205 e. The van der Waals surface area contributed by atoms with Crippen molar-refractivity contribution in [3.63, 3.8) is 0 Å². The first-order chi connectivity index (χ1) is 19.4. The first-order valence-corrected chi connectivity index (χ1v) is 14.9. The van der Waals surface area contributed by atoms with Crippen LogP contribution in [0.5, 0.6) is 0 Å².